The van der Waals surface area contributed by atoms with E-state index in [1.54, 1.807) is 0 Å². The Balaban J connectivity index is 2.74. The maximum Gasteiger partial charge on any atom is 0.352 e. The van der Waals surface area contributed by atoms with Gasteiger partial charge in [-0.3, -0.25) is 19.9 Å². The Hall–Kier alpha value is -1.92. The number of hydrogen-bond acceptors (Lipinski definition) is 5. The van der Waals surface area contributed by atoms with E-state index >= 15 is 0 Å². The van der Waals surface area contributed by atoms with Crippen LogP contribution in [0.4, 0.5) is 5.69 Å². The molecule has 0 saturated heterocycles. The quantitative estimate of drug-likeness (QED) is 0.444. The van der Waals surface area contributed by atoms with Gasteiger partial charge in [0.15, 0.2) is 0 Å². The van der Waals surface area contributed by atoms with Gasteiger partial charge in [0.2, 0.25) is 0 Å². The molecule has 0 amide bonds. The molecule has 1 aromatic rings. The van der Waals surface area contributed by atoms with Crippen LogP contribution in [-0.2, 0) is 0 Å². The molecule has 1 N–H and O–H groups in total. The van der Waals surface area contributed by atoms with Gasteiger partial charge in [0.05, 0.1) is 11.5 Å². The zero-order valence-electron chi connectivity index (χ0n) is 8.23. The number of aromatic amines is 1. The summed E-state index contributed by atoms with van der Waals surface area (Å²) >= 11 is 0. The van der Waals surface area contributed by atoms with Gasteiger partial charge in [-0.15, -0.1) is 0 Å². The third-order valence-corrected chi connectivity index (χ3v) is 1.69. The van der Waals surface area contributed by atoms with Crippen LogP contribution in [0.5, 0.6) is 6.01 Å². The van der Waals surface area contributed by atoms with Crippen LogP contribution in [-0.4, -0.2) is 21.5 Å². The molecule has 0 bridgehead atoms. The van der Waals surface area contributed by atoms with Crippen LogP contribution in [0.2, 0.25) is 0 Å². The van der Waals surface area contributed by atoms with Crippen molar-refractivity contribution in [3.8, 4) is 6.01 Å². The molecule has 82 valence electrons. The average Bonchev–Trinajstić information content (AvgIpc) is 2.17. The predicted molar refractivity (Wildman–Crippen MR) is 51.9 cm³/mol. The Bertz CT molecular complexity index is 401. The first-order chi connectivity index (χ1) is 7.15. The van der Waals surface area contributed by atoms with E-state index in [1.165, 1.54) is 0 Å². The molecule has 0 aliphatic rings. The Kier molecular flexibility index (Phi) is 3.78. The summed E-state index contributed by atoms with van der Waals surface area (Å²) in [5.41, 5.74) is -1.39. The molecule has 0 fully saturated rings. The molecule has 1 aromatic heterocycles. The van der Waals surface area contributed by atoms with Crippen LogP contribution in [0.3, 0.4) is 0 Å². The highest BCUT2D eigenvalue weighted by molar-refractivity contribution is 5.22. The van der Waals surface area contributed by atoms with Gasteiger partial charge in [-0.1, -0.05) is 13.3 Å². The molecule has 0 saturated carbocycles. The predicted octanol–water partition coefficient (Wildman–Crippen LogP) is 0.857. The number of nitrogens with one attached hydrogen (secondary N) is 1. The van der Waals surface area contributed by atoms with Crippen LogP contribution in [0, 0.1) is 10.1 Å². The van der Waals surface area contributed by atoms with E-state index in [-0.39, 0.29) is 6.01 Å². The molecular weight excluding hydrogens is 202 g/mol. The first-order valence-corrected chi connectivity index (χ1v) is 4.51. The van der Waals surface area contributed by atoms with Crippen molar-refractivity contribution < 1.29 is 9.66 Å². The zero-order valence-corrected chi connectivity index (χ0v) is 8.23. The highest BCUT2D eigenvalue weighted by atomic mass is 16.6. The maximum atomic E-state index is 11.1. The molecule has 0 aliphatic carbocycles. The molecule has 7 heteroatoms. The number of aromatic nitrogens is 2. The summed E-state index contributed by atoms with van der Waals surface area (Å²) in [7, 11) is 0. The van der Waals surface area contributed by atoms with Gasteiger partial charge in [0.1, 0.15) is 6.20 Å². The minimum atomic E-state index is -0.804. The van der Waals surface area contributed by atoms with Crippen molar-refractivity contribution in [2.45, 2.75) is 19.8 Å². The third-order valence-electron chi connectivity index (χ3n) is 1.69. The standard InChI is InChI=1S/C8H11N3O4/c1-2-3-4-15-8-9-5-6(11(13)14)7(12)10-8/h5H,2-4H2,1H3,(H,9,10,12). The lowest BCUT2D eigenvalue weighted by Crippen LogP contribution is -2.14. The van der Waals surface area contributed by atoms with Crippen molar-refractivity contribution in [3.63, 3.8) is 0 Å². The lowest BCUT2D eigenvalue weighted by atomic mass is 10.4. The molecular formula is C8H11N3O4. The number of ether oxygens (including phenoxy) is 1. The molecule has 7 nitrogen and oxygen atoms in total. The molecule has 0 unspecified atom stereocenters. The van der Waals surface area contributed by atoms with Crippen LogP contribution < -0.4 is 10.3 Å². The van der Waals surface area contributed by atoms with Gasteiger partial charge in [-0.05, 0) is 6.42 Å². The molecule has 0 atom stereocenters. The molecule has 1 rings (SSSR count). The van der Waals surface area contributed by atoms with E-state index in [0.717, 1.165) is 19.0 Å². The summed E-state index contributed by atoms with van der Waals surface area (Å²) in [5, 5.41) is 10.3. The van der Waals surface area contributed by atoms with E-state index < -0.39 is 16.2 Å². The van der Waals surface area contributed by atoms with Crippen LogP contribution >= 0.6 is 0 Å². The van der Waals surface area contributed by atoms with E-state index in [4.69, 9.17) is 4.74 Å². The fourth-order valence-corrected chi connectivity index (χ4v) is 0.888. The molecule has 0 aromatic carbocycles. The smallest absolute Gasteiger partial charge is 0.352 e. The Morgan fingerprint density at radius 3 is 2.93 bits per heavy atom. The van der Waals surface area contributed by atoms with E-state index in [9.17, 15) is 14.9 Å². The van der Waals surface area contributed by atoms with Gasteiger partial charge in [0.25, 0.3) is 6.01 Å². The summed E-state index contributed by atoms with van der Waals surface area (Å²) in [4.78, 5) is 26.4. The van der Waals surface area contributed by atoms with E-state index in [2.05, 4.69) is 9.97 Å². The fraction of sp³-hybridized carbons (Fsp3) is 0.500. The van der Waals surface area contributed by atoms with Gasteiger partial charge in [-0.25, -0.2) is 0 Å². The van der Waals surface area contributed by atoms with E-state index in [0.29, 0.717) is 6.61 Å². The van der Waals surface area contributed by atoms with Crippen molar-refractivity contribution in [1.29, 1.82) is 0 Å². The maximum absolute atomic E-state index is 11.1. The average molecular weight is 213 g/mol. The topological polar surface area (TPSA) is 98.1 Å². The zero-order chi connectivity index (χ0) is 11.3. The normalized spacial score (nSPS) is 9.93. The van der Waals surface area contributed by atoms with Gasteiger partial charge in [0, 0.05) is 0 Å². The third kappa shape index (κ3) is 3.04. The summed E-state index contributed by atoms with van der Waals surface area (Å²) in [6.45, 7) is 2.42. The minimum Gasteiger partial charge on any atom is -0.465 e. The Morgan fingerprint density at radius 2 is 2.40 bits per heavy atom. The second kappa shape index (κ2) is 5.08. The van der Waals surface area contributed by atoms with Crippen LogP contribution in [0.15, 0.2) is 11.0 Å². The van der Waals surface area contributed by atoms with Crippen LogP contribution in [0.25, 0.3) is 0 Å². The Morgan fingerprint density at radius 1 is 1.67 bits per heavy atom. The summed E-state index contributed by atoms with van der Waals surface area (Å²) in [6, 6.07) is 0.0130. The molecule has 15 heavy (non-hydrogen) atoms. The second-order valence-electron chi connectivity index (χ2n) is 2.86. The highest BCUT2D eigenvalue weighted by Gasteiger charge is 2.13. The molecule has 0 spiro atoms. The van der Waals surface area contributed by atoms with Gasteiger partial charge in [-0.2, -0.15) is 4.98 Å². The lowest BCUT2D eigenvalue weighted by Gasteiger charge is -2.01. The minimum absolute atomic E-state index is 0.0130. The van der Waals surface area contributed by atoms with E-state index in [1.807, 2.05) is 6.92 Å². The Labute approximate surface area is 85.3 Å². The number of unbranched alkanes of at least 4 members (excludes halogenated alkanes) is 1. The number of hydrogen-bond donors (Lipinski definition) is 1. The summed E-state index contributed by atoms with van der Waals surface area (Å²) in [6.07, 6.45) is 2.68. The molecule has 1 heterocycles. The number of H-pyrrole nitrogens is 1. The molecule has 0 radical (unpaired) electrons. The van der Waals surface area contributed by atoms with Gasteiger partial charge >= 0.3 is 11.2 Å². The number of nitrogens with zero attached hydrogens (tertiary/aromatic N) is 2. The second-order valence-corrected chi connectivity index (χ2v) is 2.86. The van der Waals surface area contributed by atoms with Crippen molar-refractivity contribution >= 4 is 5.69 Å². The summed E-state index contributed by atoms with van der Waals surface area (Å²) in [5.74, 6) is 0. The first-order valence-electron chi connectivity index (χ1n) is 4.51. The van der Waals surface area contributed by atoms with Crippen molar-refractivity contribution in [1.82, 2.24) is 9.97 Å². The SMILES string of the molecule is CCCCOc1ncc([N+](=O)[O-])c(=O)[nH]1. The summed E-state index contributed by atoms with van der Waals surface area (Å²) < 4.78 is 5.07. The van der Waals surface area contributed by atoms with Crippen LogP contribution in [0.1, 0.15) is 19.8 Å². The number of rotatable bonds is 5. The van der Waals surface area contributed by atoms with Crippen molar-refractivity contribution in [2.75, 3.05) is 6.61 Å². The van der Waals surface area contributed by atoms with Gasteiger partial charge < -0.3 is 4.74 Å². The highest BCUT2D eigenvalue weighted by Crippen LogP contribution is 2.04. The first kappa shape index (κ1) is 11.2. The lowest BCUT2D eigenvalue weighted by molar-refractivity contribution is -0.386. The number of nitro groups is 1. The monoisotopic (exact) mass is 213 g/mol. The fourth-order valence-electron chi connectivity index (χ4n) is 0.888. The van der Waals surface area contributed by atoms with Crippen molar-refractivity contribution in [2.24, 2.45) is 0 Å². The molecule has 0 aliphatic heterocycles. The van der Waals surface area contributed by atoms with Crippen molar-refractivity contribution in [3.05, 3.63) is 26.7 Å². The largest absolute Gasteiger partial charge is 0.465 e.